The molecule has 2 heteroatoms. The average molecular weight is 224 g/mol. The van der Waals surface area contributed by atoms with E-state index >= 15 is 0 Å². The molecule has 2 rings (SSSR count). The van der Waals surface area contributed by atoms with Crippen LogP contribution in [0.5, 0.6) is 0 Å². The molecular weight excluding hydrogens is 200 g/mol. The van der Waals surface area contributed by atoms with Gasteiger partial charge < -0.3 is 5.11 Å². The first-order valence-corrected chi connectivity index (χ1v) is 6.55. The number of rotatable bonds is 0. The van der Waals surface area contributed by atoms with Crippen molar-refractivity contribution in [3.05, 3.63) is 0 Å². The van der Waals surface area contributed by atoms with E-state index in [1.165, 1.54) is 6.42 Å². The summed E-state index contributed by atoms with van der Waals surface area (Å²) in [5.74, 6) is 1.65. The van der Waals surface area contributed by atoms with Crippen LogP contribution in [0.25, 0.3) is 0 Å². The molecule has 0 bridgehead atoms. The van der Waals surface area contributed by atoms with Gasteiger partial charge in [-0.2, -0.15) is 0 Å². The standard InChI is InChI=1S/C14H24O2/c1-9-5-10(2)8-14(7-9)11(3)6-12(15)13(14,4)16/h9-11,16H,5-8H2,1-4H3. The highest BCUT2D eigenvalue weighted by Gasteiger charge is 2.61. The quantitative estimate of drug-likeness (QED) is 0.687. The molecule has 0 heterocycles. The lowest BCUT2D eigenvalue weighted by atomic mass is 9.57. The van der Waals surface area contributed by atoms with E-state index in [1.807, 2.05) is 0 Å². The van der Waals surface area contributed by atoms with E-state index in [1.54, 1.807) is 6.92 Å². The Bertz CT molecular complexity index is 296. The highest BCUT2D eigenvalue weighted by Crippen LogP contribution is 2.58. The molecule has 2 fully saturated rings. The van der Waals surface area contributed by atoms with Gasteiger partial charge >= 0.3 is 0 Å². The Balaban J connectivity index is 2.38. The molecule has 2 saturated carbocycles. The monoisotopic (exact) mass is 224 g/mol. The van der Waals surface area contributed by atoms with E-state index in [4.69, 9.17) is 0 Å². The van der Waals surface area contributed by atoms with Gasteiger partial charge in [0.05, 0.1) is 0 Å². The van der Waals surface area contributed by atoms with Crippen LogP contribution < -0.4 is 0 Å². The second-order valence-electron chi connectivity index (χ2n) is 6.61. The van der Waals surface area contributed by atoms with Crippen molar-refractivity contribution in [2.45, 2.75) is 59.0 Å². The number of carbonyl (C=O) groups is 1. The smallest absolute Gasteiger partial charge is 0.164 e. The third-order valence-corrected chi connectivity index (χ3v) is 5.18. The summed E-state index contributed by atoms with van der Waals surface area (Å²) in [7, 11) is 0. The molecule has 0 aromatic carbocycles. The maximum absolute atomic E-state index is 11.9. The predicted octanol–water partition coefficient (Wildman–Crippen LogP) is 2.79. The molecule has 92 valence electrons. The molecule has 0 saturated heterocycles. The average Bonchev–Trinajstić information content (AvgIpc) is 2.27. The van der Waals surface area contributed by atoms with Gasteiger partial charge in [-0.05, 0) is 43.9 Å². The molecule has 0 amide bonds. The predicted molar refractivity (Wildman–Crippen MR) is 64.0 cm³/mol. The van der Waals surface area contributed by atoms with Crippen molar-refractivity contribution in [2.75, 3.05) is 0 Å². The second-order valence-corrected chi connectivity index (χ2v) is 6.61. The van der Waals surface area contributed by atoms with Crippen LogP contribution in [-0.2, 0) is 4.79 Å². The number of carbonyl (C=O) groups excluding carboxylic acids is 1. The topological polar surface area (TPSA) is 37.3 Å². The van der Waals surface area contributed by atoms with Gasteiger partial charge in [-0.25, -0.2) is 0 Å². The van der Waals surface area contributed by atoms with Gasteiger partial charge in [-0.3, -0.25) is 4.79 Å². The lowest BCUT2D eigenvalue weighted by Crippen LogP contribution is -2.51. The Morgan fingerprint density at radius 1 is 1.19 bits per heavy atom. The maximum atomic E-state index is 11.9. The summed E-state index contributed by atoms with van der Waals surface area (Å²) in [5.41, 5.74) is -1.24. The minimum Gasteiger partial charge on any atom is -0.382 e. The fraction of sp³-hybridized carbons (Fsp3) is 0.929. The van der Waals surface area contributed by atoms with Crippen molar-refractivity contribution in [2.24, 2.45) is 23.2 Å². The Hall–Kier alpha value is -0.370. The summed E-state index contributed by atoms with van der Waals surface area (Å²) in [6.07, 6.45) is 3.82. The molecule has 1 N–H and O–H groups in total. The van der Waals surface area contributed by atoms with Crippen molar-refractivity contribution in [3.63, 3.8) is 0 Å². The number of hydrogen-bond donors (Lipinski definition) is 1. The Morgan fingerprint density at radius 2 is 1.69 bits per heavy atom. The molecule has 2 aliphatic carbocycles. The van der Waals surface area contributed by atoms with Crippen LogP contribution in [0.3, 0.4) is 0 Å². The van der Waals surface area contributed by atoms with E-state index in [0.29, 0.717) is 24.2 Å². The summed E-state index contributed by atoms with van der Waals surface area (Å²) < 4.78 is 0. The van der Waals surface area contributed by atoms with Gasteiger partial charge in [-0.1, -0.05) is 20.8 Å². The molecule has 0 aromatic heterocycles. The van der Waals surface area contributed by atoms with Gasteiger partial charge in [-0.15, -0.1) is 0 Å². The molecule has 0 aliphatic heterocycles. The van der Waals surface area contributed by atoms with E-state index in [0.717, 1.165) is 12.8 Å². The highest BCUT2D eigenvalue weighted by molar-refractivity contribution is 5.90. The molecule has 0 radical (unpaired) electrons. The third kappa shape index (κ3) is 1.46. The van der Waals surface area contributed by atoms with E-state index in [9.17, 15) is 9.90 Å². The molecule has 1 spiro atoms. The molecule has 0 aromatic rings. The van der Waals surface area contributed by atoms with Crippen LogP contribution in [0, 0.1) is 23.2 Å². The van der Waals surface area contributed by atoms with Crippen LogP contribution in [0.15, 0.2) is 0 Å². The summed E-state index contributed by atoms with van der Waals surface area (Å²) in [6.45, 7) is 8.40. The van der Waals surface area contributed by atoms with Gasteiger partial charge in [0.25, 0.3) is 0 Å². The van der Waals surface area contributed by atoms with Gasteiger partial charge in [0.1, 0.15) is 5.60 Å². The first kappa shape index (κ1) is 12.1. The molecule has 4 unspecified atom stereocenters. The third-order valence-electron chi connectivity index (χ3n) is 5.18. The number of aliphatic hydroxyl groups is 1. The number of Topliss-reactive ketones (excluding diaryl/α,β-unsaturated/α-hetero) is 1. The Morgan fingerprint density at radius 3 is 2.06 bits per heavy atom. The summed E-state index contributed by atoms with van der Waals surface area (Å²) >= 11 is 0. The van der Waals surface area contributed by atoms with Gasteiger partial charge in [0, 0.05) is 11.8 Å². The summed E-state index contributed by atoms with van der Waals surface area (Å²) in [5, 5.41) is 10.6. The minimum atomic E-state index is -1.09. The van der Waals surface area contributed by atoms with Gasteiger partial charge in [0.15, 0.2) is 5.78 Å². The van der Waals surface area contributed by atoms with Crippen LogP contribution >= 0.6 is 0 Å². The molecule has 2 aliphatic rings. The van der Waals surface area contributed by atoms with E-state index in [2.05, 4.69) is 20.8 Å². The molecular formula is C14H24O2. The molecule has 4 atom stereocenters. The Labute approximate surface area is 98.4 Å². The zero-order valence-corrected chi connectivity index (χ0v) is 10.9. The zero-order chi connectivity index (χ0) is 12.1. The van der Waals surface area contributed by atoms with E-state index < -0.39 is 5.60 Å². The van der Waals surface area contributed by atoms with Crippen LogP contribution in [-0.4, -0.2) is 16.5 Å². The summed E-state index contributed by atoms with van der Waals surface area (Å²) in [4.78, 5) is 11.9. The van der Waals surface area contributed by atoms with Crippen molar-refractivity contribution in [1.29, 1.82) is 0 Å². The lowest BCUT2D eigenvalue weighted by molar-refractivity contribution is -0.148. The van der Waals surface area contributed by atoms with Crippen molar-refractivity contribution in [1.82, 2.24) is 0 Å². The maximum Gasteiger partial charge on any atom is 0.164 e. The van der Waals surface area contributed by atoms with Crippen molar-refractivity contribution in [3.8, 4) is 0 Å². The SMILES string of the molecule is CC1CC(C)CC2(C1)C(C)CC(=O)C2(C)O. The molecule has 2 nitrogen and oxygen atoms in total. The first-order valence-electron chi connectivity index (χ1n) is 6.55. The zero-order valence-electron chi connectivity index (χ0n) is 10.9. The second kappa shape index (κ2) is 3.56. The first-order chi connectivity index (χ1) is 7.29. The fourth-order valence-corrected chi connectivity index (χ4v) is 4.41. The number of hydrogen-bond acceptors (Lipinski definition) is 2. The summed E-state index contributed by atoms with van der Waals surface area (Å²) in [6, 6.07) is 0. The van der Waals surface area contributed by atoms with Crippen LogP contribution in [0.2, 0.25) is 0 Å². The van der Waals surface area contributed by atoms with Crippen LogP contribution in [0.1, 0.15) is 53.4 Å². The minimum absolute atomic E-state index is 0.0568. The van der Waals surface area contributed by atoms with Crippen LogP contribution in [0.4, 0.5) is 0 Å². The van der Waals surface area contributed by atoms with Crippen molar-refractivity contribution < 1.29 is 9.90 Å². The van der Waals surface area contributed by atoms with E-state index in [-0.39, 0.29) is 11.2 Å². The number of ketones is 1. The molecule has 16 heavy (non-hydrogen) atoms. The normalized spacial score (nSPS) is 53.6. The van der Waals surface area contributed by atoms with Crippen molar-refractivity contribution >= 4 is 5.78 Å². The van der Waals surface area contributed by atoms with Gasteiger partial charge in [0.2, 0.25) is 0 Å². The fourth-order valence-electron chi connectivity index (χ4n) is 4.41. The highest BCUT2D eigenvalue weighted by atomic mass is 16.3. The largest absolute Gasteiger partial charge is 0.382 e. The Kier molecular flexibility index (Phi) is 2.69. The lowest BCUT2D eigenvalue weighted by Gasteiger charge is -2.49.